The number of urea groups is 1. The van der Waals surface area contributed by atoms with Gasteiger partial charge in [0.05, 0.1) is 17.0 Å². The molecule has 0 saturated heterocycles. The Morgan fingerprint density at radius 2 is 1.47 bits per heavy atom. The number of hydroxylamine groups is 1. The molecule has 0 unspecified atom stereocenters. The van der Waals surface area contributed by atoms with E-state index in [0.29, 0.717) is 11.3 Å². The molecule has 32 heavy (non-hydrogen) atoms. The number of sulfonamides is 1. The average Bonchev–Trinajstić information content (AvgIpc) is 2.76. The van der Waals surface area contributed by atoms with Gasteiger partial charge in [0.1, 0.15) is 6.61 Å². The summed E-state index contributed by atoms with van der Waals surface area (Å²) in [4.78, 5) is 21.1. The summed E-state index contributed by atoms with van der Waals surface area (Å²) in [6.45, 7) is 0.0109. The number of carbonyl (C=O) groups excluding carboxylic acids is 1. The molecule has 5 rings (SSSR count). The first kappa shape index (κ1) is 21.5. The lowest BCUT2D eigenvalue weighted by Gasteiger charge is -2.09. The largest absolute Gasteiger partial charge is 0.352 e. The van der Waals surface area contributed by atoms with Gasteiger partial charge in [0.15, 0.2) is 0 Å². The molecule has 2 aromatic carbocycles. The Balaban J connectivity index is 0.000000346. The molecule has 0 saturated carbocycles. The number of fused-ring (bicyclic) bond motifs is 1. The van der Waals surface area contributed by atoms with Crippen LogP contribution in [0.25, 0.3) is 10.9 Å². The Bertz CT molecular complexity index is 1390. The molecular weight excluding hydrogens is 426 g/mol. The molecule has 0 fully saturated rings. The predicted octanol–water partition coefficient (Wildman–Crippen LogP) is 3.78. The van der Waals surface area contributed by atoms with Crippen molar-refractivity contribution in [3.05, 3.63) is 113 Å². The molecule has 2 N–H and O–H groups in total. The lowest BCUT2D eigenvalue weighted by molar-refractivity contribution is 0.0491. The topological polar surface area (TPSA) is 97.4 Å². The number of nitrogens with zero attached hydrogens (tertiary/aromatic N) is 1. The summed E-state index contributed by atoms with van der Waals surface area (Å²) < 4.78 is 25.8. The number of carbonyl (C=O) groups is 1. The minimum absolute atomic E-state index is 0.0109. The van der Waals surface area contributed by atoms with Crippen LogP contribution in [0.4, 0.5) is 4.79 Å². The molecule has 7 nitrogen and oxygen atoms in total. The Kier molecular flexibility index (Phi) is 6.44. The first-order chi connectivity index (χ1) is 15.5. The number of aromatic nitrogens is 1. The van der Waals surface area contributed by atoms with E-state index >= 15 is 0 Å². The molecule has 162 valence electrons. The zero-order valence-corrected chi connectivity index (χ0v) is 17.9. The average molecular weight is 448 g/mol. The maximum absolute atomic E-state index is 12.0. The minimum atomic E-state index is -3.82. The molecule has 0 bridgehead atoms. The van der Waals surface area contributed by atoms with E-state index in [9.17, 15) is 13.2 Å². The van der Waals surface area contributed by atoms with Gasteiger partial charge < -0.3 is 0 Å². The number of benzene rings is 3. The van der Waals surface area contributed by atoms with Gasteiger partial charge in [-0.1, -0.05) is 78.9 Å². The van der Waals surface area contributed by atoms with E-state index in [4.69, 9.17) is 4.84 Å². The summed E-state index contributed by atoms with van der Waals surface area (Å²) in [6.07, 6.45) is 0. The highest BCUT2D eigenvalue weighted by Crippen LogP contribution is 2.12. The molecule has 0 spiro atoms. The zero-order valence-electron chi connectivity index (χ0n) is 17.1. The van der Waals surface area contributed by atoms with Crippen molar-refractivity contribution in [2.24, 2.45) is 0 Å². The highest BCUT2D eigenvalue weighted by Gasteiger charge is 2.15. The SMILES string of the molecule is O=C(NOCc1ccc2ccccc2n1)NS(=O)(=O)Cc1ccccc1.c1cc2ccc1=2. The van der Waals surface area contributed by atoms with E-state index < -0.39 is 16.1 Å². The van der Waals surface area contributed by atoms with Gasteiger partial charge in [0.25, 0.3) is 0 Å². The van der Waals surface area contributed by atoms with Crippen LogP contribution in [0.2, 0.25) is 0 Å². The molecule has 0 atom stereocenters. The fourth-order valence-corrected chi connectivity index (χ4v) is 4.05. The van der Waals surface area contributed by atoms with Crippen molar-refractivity contribution < 1.29 is 18.0 Å². The Labute approximate surface area is 185 Å². The number of nitrogens with one attached hydrogen (secondary N) is 2. The maximum atomic E-state index is 12.0. The molecule has 0 radical (unpaired) electrons. The maximum Gasteiger partial charge on any atom is 0.352 e. The van der Waals surface area contributed by atoms with Crippen LogP contribution in [0, 0.1) is 10.4 Å². The molecule has 1 heterocycles. The van der Waals surface area contributed by atoms with Gasteiger partial charge in [0.2, 0.25) is 10.0 Å². The number of amides is 2. The smallest absolute Gasteiger partial charge is 0.266 e. The van der Waals surface area contributed by atoms with E-state index in [1.807, 2.05) is 35.1 Å². The molecule has 1 aromatic heterocycles. The zero-order chi connectivity index (χ0) is 22.4. The second-order valence-corrected chi connectivity index (χ2v) is 8.86. The normalized spacial score (nSPS) is 11.2. The summed E-state index contributed by atoms with van der Waals surface area (Å²) in [5.41, 5.74) is 4.05. The van der Waals surface area contributed by atoms with Crippen LogP contribution in [0.5, 0.6) is 0 Å². The number of hydrogen-bond acceptors (Lipinski definition) is 5. The van der Waals surface area contributed by atoms with Crippen LogP contribution >= 0.6 is 0 Å². The minimum Gasteiger partial charge on any atom is -0.266 e. The second-order valence-electron chi connectivity index (χ2n) is 7.14. The second kappa shape index (κ2) is 9.59. The number of hydrogen-bond donors (Lipinski definition) is 2. The van der Waals surface area contributed by atoms with Crippen LogP contribution in [0.1, 0.15) is 11.3 Å². The van der Waals surface area contributed by atoms with Gasteiger partial charge >= 0.3 is 6.03 Å². The van der Waals surface area contributed by atoms with Gasteiger partial charge in [-0.15, -0.1) is 0 Å². The van der Waals surface area contributed by atoms with Gasteiger partial charge in [-0.05, 0) is 28.1 Å². The highest BCUT2D eigenvalue weighted by molar-refractivity contribution is 7.89. The van der Waals surface area contributed by atoms with Crippen molar-refractivity contribution in [2.45, 2.75) is 12.4 Å². The first-order valence-electron chi connectivity index (χ1n) is 9.90. The molecule has 2 aliphatic rings. The van der Waals surface area contributed by atoms with Crippen LogP contribution in [-0.4, -0.2) is 19.4 Å². The Morgan fingerprint density at radius 3 is 2.12 bits per heavy atom. The van der Waals surface area contributed by atoms with E-state index in [1.165, 1.54) is 10.4 Å². The van der Waals surface area contributed by atoms with Crippen molar-refractivity contribution in [2.75, 3.05) is 0 Å². The van der Waals surface area contributed by atoms with Crippen molar-refractivity contribution in [1.29, 1.82) is 0 Å². The molecule has 2 aliphatic carbocycles. The van der Waals surface area contributed by atoms with Gasteiger partial charge in [0, 0.05) is 5.39 Å². The third-order valence-corrected chi connectivity index (χ3v) is 5.92. The lowest BCUT2D eigenvalue weighted by Crippen LogP contribution is -2.39. The third kappa shape index (κ3) is 5.69. The quantitative estimate of drug-likeness (QED) is 0.386. The highest BCUT2D eigenvalue weighted by atomic mass is 32.2. The molecular formula is C24H21N3O4S. The van der Waals surface area contributed by atoms with Gasteiger partial charge in [-0.3, -0.25) is 9.82 Å². The lowest BCUT2D eigenvalue weighted by atomic mass is 10.1. The Hall–Kier alpha value is -3.75. The van der Waals surface area contributed by atoms with Crippen LogP contribution in [0.15, 0.2) is 91.0 Å². The van der Waals surface area contributed by atoms with E-state index in [2.05, 4.69) is 34.7 Å². The predicted molar refractivity (Wildman–Crippen MR) is 121 cm³/mol. The van der Waals surface area contributed by atoms with Crippen molar-refractivity contribution in [3.8, 4) is 0 Å². The van der Waals surface area contributed by atoms with Crippen LogP contribution in [0.3, 0.4) is 0 Å². The van der Waals surface area contributed by atoms with Crippen molar-refractivity contribution >= 4 is 27.0 Å². The van der Waals surface area contributed by atoms with E-state index in [1.54, 1.807) is 36.4 Å². The summed E-state index contributed by atoms with van der Waals surface area (Å²) in [5, 5.41) is 3.85. The Morgan fingerprint density at radius 1 is 0.812 bits per heavy atom. The molecule has 3 aromatic rings. The summed E-state index contributed by atoms with van der Waals surface area (Å²) in [5.74, 6) is -0.298. The van der Waals surface area contributed by atoms with Crippen molar-refractivity contribution in [1.82, 2.24) is 15.2 Å². The monoisotopic (exact) mass is 447 g/mol. The molecule has 0 aliphatic heterocycles. The number of pyridine rings is 1. The van der Waals surface area contributed by atoms with E-state index in [0.717, 1.165) is 10.9 Å². The fourth-order valence-electron chi connectivity index (χ4n) is 3.02. The summed E-state index contributed by atoms with van der Waals surface area (Å²) in [7, 11) is -3.82. The number of rotatable bonds is 6. The molecule has 2 amide bonds. The number of para-hydroxylation sites is 1. The van der Waals surface area contributed by atoms with Crippen LogP contribution in [-0.2, 0) is 27.2 Å². The summed E-state index contributed by atoms with van der Waals surface area (Å²) >= 11 is 0. The van der Waals surface area contributed by atoms with E-state index in [-0.39, 0.29) is 12.4 Å². The third-order valence-electron chi connectivity index (χ3n) is 4.71. The molecule has 8 heteroatoms. The van der Waals surface area contributed by atoms with Crippen LogP contribution < -0.4 is 10.2 Å². The summed E-state index contributed by atoms with van der Waals surface area (Å²) in [6, 6.07) is 27.4. The fraction of sp³-hybridized carbons (Fsp3) is 0.0833. The standard InChI is InChI=1S/C18H17N3O4S.C6H4/c22-18(21-26(23,24)13-14-6-2-1-3-7-14)20-25-12-16-11-10-15-8-4-5-9-17(15)19-16;1-2-6-4-3-5(1)6/h1-11H,12-13H2,(H2,20,21,22);1-4H. The van der Waals surface area contributed by atoms with Gasteiger partial charge in [-0.2, -0.15) is 0 Å². The van der Waals surface area contributed by atoms with Crippen molar-refractivity contribution in [3.63, 3.8) is 0 Å². The van der Waals surface area contributed by atoms with Gasteiger partial charge in [-0.25, -0.2) is 23.4 Å². The first-order valence-corrected chi connectivity index (χ1v) is 11.5.